The number of aromatic nitrogens is 4. The molecule has 5 rings (SSSR count). The highest BCUT2D eigenvalue weighted by Gasteiger charge is 2.32. The number of carbonyl (C=O) groups is 1. The molecular weight excluding hydrogens is 542 g/mol. The molecule has 1 amide bonds. The summed E-state index contributed by atoms with van der Waals surface area (Å²) >= 11 is 0. The van der Waals surface area contributed by atoms with Gasteiger partial charge in [0.1, 0.15) is 18.4 Å². The number of hydrogen-bond donors (Lipinski definition) is 2. The highest BCUT2D eigenvalue weighted by atomic mass is 19.4. The summed E-state index contributed by atoms with van der Waals surface area (Å²) in [5.41, 5.74) is 1.15. The van der Waals surface area contributed by atoms with Crippen molar-refractivity contribution in [2.45, 2.75) is 64.2 Å². The maximum atomic E-state index is 14.7. The lowest BCUT2D eigenvalue weighted by Gasteiger charge is -2.33. The highest BCUT2D eigenvalue weighted by molar-refractivity contribution is 5.96. The maximum absolute atomic E-state index is 14.7. The van der Waals surface area contributed by atoms with E-state index in [4.69, 9.17) is 4.52 Å². The van der Waals surface area contributed by atoms with Crippen LogP contribution in [0.3, 0.4) is 0 Å². The van der Waals surface area contributed by atoms with Crippen LogP contribution in [0.25, 0.3) is 22.5 Å². The van der Waals surface area contributed by atoms with E-state index in [1.165, 1.54) is 6.07 Å². The van der Waals surface area contributed by atoms with Gasteiger partial charge < -0.3 is 29.2 Å². The number of fused-ring (bicyclic) bond motifs is 1. The first-order chi connectivity index (χ1) is 19.3. The van der Waals surface area contributed by atoms with Crippen molar-refractivity contribution in [1.82, 2.24) is 29.5 Å². The van der Waals surface area contributed by atoms with E-state index in [1.54, 1.807) is 30.5 Å². The first-order valence-electron chi connectivity index (χ1n) is 13.4. The Balaban J connectivity index is 1.40. The number of alkyl halides is 4. The fourth-order valence-corrected chi connectivity index (χ4v) is 5.00. The van der Waals surface area contributed by atoms with Gasteiger partial charge in [-0.2, -0.15) is 18.2 Å². The number of nitrogens with zero attached hydrogens (tertiary/aromatic N) is 5. The predicted octanol–water partition coefficient (Wildman–Crippen LogP) is 5.19. The molecule has 13 heteroatoms. The zero-order valence-corrected chi connectivity index (χ0v) is 23.3. The number of halogens is 4. The number of benzene rings is 1. The Hall–Kier alpha value is -3.87. The van der Waals surface area contributed by atoms with Gasteiger partial charge in [-0.3, -0.25) is 4.79 Å². The van der Waals surface area contributed by atoms with E-state index < -0.39 is 24.9 Å². The molecule has 0 spiro atoms. The van der Waals surface area contributed by atoms with Crippen molar-refractivity contribution in [3.8, 4) is 11.6 Å². The molecule has 41 heavy (non-hydrogen) atoms. The van der Waals surface area contributed by atoms with E-state index in [1.807, 2.05) is 43.5 Å². The smallest absolute Gasteiger partial charge is 0.379 e. The topological polar surface area (TPSA) is 93.2 Å². The summed E-state index contributed by atoms with van der Waals surface area (Å²) in [6, 6.07) is 7.68. The van der Waals surface area contributed by atoms with Gasteiger partial charge in [0.25, 0.3) is 11.8 Å². The highest BCUT2D eigenvalue weighted by Crippen LogP contribution is 2.35. The lowest BCUT2D eigenvalue weighted by Crippen LogP contribution is -2.46. The first-order valence-corrected chi connectivity index (χ1v) is 13.4. The summed E-state index contributed by atoms with van der Waals surface area (Å²) in [7, 11) is 1.85. The second-order valence-electron chi connectivity index (χ2n) is 11.5. The van der Waals surface area contributed by atoms with E-state index in [0.717, 1.165) is 4.57 Å². The second kappa shape index (κ2) is 10.8. The Bertz CT molecular complexity index is 1530. The molecule has 0 aliphatic carbocycles. The van der Waals surface area contributed by atoms with Crippen LogP contribution in [-0.2, 0) is 18.6 Å². The fourth-order valence-electron chi connectivity index (χ4n) is 5.00. The number of rotatable bonds is 7. The molecule has 3 aromatic heterocycles. The van der Waals surface area contributed by atoms with Gasteiger partial charge in [-0.25, -0.2) is 4.39 Å². The molecule has 0 saturated carbocycles. The minimum Gasteiger partial charge on any atom is -0.379 e. The summed E-state index contributed by atoms with van der Waals surface area (Å²) in [5.74, 6) is -0.360. The average molecular weight is 576 g/mol. The Labute approximate surface area is 234 Å². The number of anilines is 1. The molecule has 9 nitrogen and oxygen atoms in total. The third-order valence-corrected chi connectivity index (χ3v) is 7.19. The van der Waals surface area contributed by atoms with Crippen LogP contribution in [0.1, 0.15) is 43.4 Å². The first kappa shape index (κ1) is 28.7. The van der Waals surface area contributed by atoms with Crippen LogP contribution in [0.2, 0.25) is 0 Å². The predicted molar refractivity (Wildman–Crippen MR) is 146 cm³/mol. The van der Waals surface area contributed by atoms with Crippen molar-refractivity contribution >= 4 is 22.5 Å². The zero-order chi connectivity index (χ0) is 29.5. The second-order valence-corrected chi connectivity index (χ2v) is 11.5. The van der Waals surface area contributed by atoms with Crippen molar-refractivity contribution in [1.29, 1.82) is 0 Å². The number of carbonyl (C=O) groups excluding carboxylic acids is 1. The van der Waals surface area contributed by atoms with Gasteiger partial charge in [-0.05, 0) is 58.5 Å². The van der Waals surface area contributed by atoms with E-state index in [2.05, 4.69) is 20.8 Å². The summed E-state index contributed by atoms with van der Waals surface area (Å²) in [6.45, 7) is 5.66. The summed E-state index contributed by atoms with van der Waals surface area (Å²) in [6.07, 6.45) is -1.55. The number of amides is 1. The Kier molecular flexibility index (Phi) is 7.58. The third kappa shape index (κ3) is 6.39. The minimum atomic E-state index is -4.53. The van der Waals surface area contributed by atoms with Crippen molar-refractivity contribution in [2.24, 2.45) is 0 Å². The maximum Gasteiger partial charge on any atom is 0.406 e. The molecule has 1 aliphatic rings. The van der Waals surface area contributed by atoms with Crippen molar-refractivity contribution in [2.75, 3.05) is 25.5 Å². The quantitative estimate of drug-likeness (QED) is 0.295. The number of likely N-dealkylation sites (tertiary alicyclic amines) is 1. The van der Waals surface area contributed by atoms with Crippen LogP contribution in [0.15, 0.2) is 47.2 Å². The van der Waals surface area contributed by atoms with E-state index in [-0.39, 0.29) is 41.9 Å². The van der Waals surface area contributed by atoms with Crippen molar-refractivity contribution in [3.05, 3.63) is 54.1 Å². The van der Waals surface area contributed by atoms with Gasteiger partial charge in [0.2, 0.25) is 0 Å². The van der Waals surface area contributed by atoms with Gasteiger partial charge >= 0.3 is 6.18 Å². The molecule has 4 aromatic rings. The monoisotopic (exact) mass is 575 g/mol. The molecule has 1 aliphatic heterocycles. The molecular formula is C28H33F4N7O2. The molecule has 0 unspecified atom stereocenters. The molecule has 2 atom stereocenters. The standard InChI is InChI=1S/C28H33F4N7O2/c1-27(2,3)38-11-8-17(14-38)25(40)33-13-24-35-26(41-36-24)23-12-18-20(34-21-9-10-37(4)15-19(21)29)6-5-7-22(18)39(23)16-28(30,31)32/h5-8,11-12,14,19,21,34H,9-10,13,15-16H2,1-4H3,(H,33,40)/t19-,21+/m0/s1. The molecule has 1 saturated heterocycles. The van der Waals surface area contributed by atoms with Crippen LogP contribution < -0.4 is 10.6 Å². The molecule has 220 valence electrons. The Morgan fingerprint density at radius 2 is 1.98 bits per heavy atom. The van der Waals surface area contributed by atoms with E-state index in [9.17, 15) is 22.4 Å². The van der Waals surface area contributed by atoms with Crippen molar-refractivity contribution in [3.63, 3.8) is 0 Å². The van der Waals surface area contributed by atoms with Gasteiger partial charge in [-0.15, -0.1) is 0 Å². The Morgan fingerprint density at radius 1 is 1.20 bits per heavy atom. The normalized spacial score (nSPS) is 18.6. The van der Waals surface area contributed by atoms with Crippen LogP contribution in [-0.4, -0.2) is 68.6 Å². The van der Waals surface area contributed by atoms with Crippen LogP contribution in [0.5, 0.6) is 0 Å². The van der Waals surface area contributed by atoms with Gasteiger partial charge in [0.05, 0.1) is 23.7 Å². The zero-order valence-electron chi connectivity index (χ0n) is 23.3. The molecule has 1 fully saturated rings. The summed E-state index contributed by atoms with van der Waals surface area (Å²) in [4.78, 5) is 18.8. The molecule has 2 N–H and O–H groups in total. The fraction of sp³-hybridized carbons (Fsp3) is 0.464. The molecule has 0 bridgehead atoms. The lowest BCUT2D eigenvalue weighted by atomic mass is 10.0. The van der Waals surface area contributed by atoms with Crippen molar-refractivity contribution < 1.29 is 26.9 Å². The van der Waals surface area contributed by atoms with E-state index >= 15 is 0 Å². The van der Waals surface area contributed by atoms with Crippen LogP contribution >= 0.6 is 0 Å². The van der Waals surface area contributed by atoms with Gasteiger partial charge in [0, 0.05) is 42.1 Å². The van der Waals surface area contributed by atoms with Crippen LogP contribution in [0, 0.1) is 0 Å². The Morgan fingerprint density at radius 3 is 2.66 bits per heavy atom. The number of nitrogens with one attached hydrogen (secondary N) is 2. The largest absolute Gasteiger partial charge is 0.406 e. The third-order valence-electron chi connectivity index (χ3n) is 7.19. The van der Waals surface area contributed by atoms with Crippen LogP contribution in [0.4, 0.5) is 23.2 Å². The van der Waals surface area contributed by atoms with E-state index in [0.29, 0.717) is 35.1 Å². The molecule has 4 heterocycles. The summed E-state index contributed by atoms with van der Waals surface area (Å²) < 4.78 is 64.0. The lowest BCUT2D eigenvalue weighted by molar-refractivity contribution is -0.139. The molecule has 1 aromatic carbocycles. The minimum absolute atomic E-state index is 0.0686. The number of hydrogen-bond acceptors (Lipinski definition) is 6. The average Bonchev–Trinajstić information content (AvgIpc) is 3.63. The SMILES string of the molecule is CN1CC[C@@H](Nc2cccc3c2cc(-c2nc(CNC(=O)c4ccn(C(C)(C)C)c4)no2)n3CC(F)(F)F)[C@@H](F)C1. The van der Waals surface area contributed by atoms with Gasteiger partial charge in [-0.1, -0.05) is 11.2 Å². The number of piperidine rings is 1. The summed E-state index contributed by atoms with van der Waals surface area (Å²) in [5, 5.41) is 10.3. The van der Waals surface area contributed by atoms with Gasteiger partial charge in [0.15, 0.2) is 5.82 Å². The molecule has 0 radical (unpaired) electrons.